The summed E-state index contributed by atoms with van der Waals surface area (Å²) in [5.41, 5.74) is 3.34. The highest BCUT2D eigenvalue weighted by atomic mass is 16.5. The highest BCUT2D eigenvalue weighted by molar-refractivity contribution is 5.40. The molecule has 1 saturated heterocycles. The summed E-state index contributed by atoms with van der Waals surface area (Å²) in [6.45, 7) is 8.98. The monoisotopic (exact) mass is 287 g/mol. The van der Waals surface area contributed by atoms with Crippen LogP contribution < -0.4 is 0 Å². The molecule has 2 aliphatic rings. The normalized spacial score (nSPS) is 27.2. The fraction of sp³-hybridized carbons (Fsp3) is 0.684. The number of ether oxygens (including phenoxy) is 1. The summed E-state index contributed by atoms with van der Waals surface area (Å²) in [4.78, 5) is 2.69. The molecule has 0 spiro atoms. The molecule has 3 rings (SSSR count). The fourth-order valence-electron chi connectivity index (χ4n) is 4.27. The van der Waals surface area contributed by atoms with Crippen LogP contribution in [0.4, 0.5) is 0 Å². The van der Waals surface area contributed by atoms with Gasteiger partial charge in [0.25, 0.3) is 0 Å². The van der Waals surface area contributed by atoms with Gasteiger partial charge in [0.1, 0.15) is 0 Å². The third kappa shape index (κ3) is 2.64. The first-order valence-electron chi connectivity index (χ1n) is 8.35. The van der Waals surface area contributed by atoms with Crippen LogP contribution in [0.2, 0.25) is 0 Å². The molecule has 1 atom stereocenters. The van der Waals surface area contributed by atoms with Crippen molar-refractivity contribution in [3.8, 4) is 0 Å². The van der Waals surface area contributed by atoms with E-state index in [1.807, 2.05) is 7.11 Å². The standard InChI is InChI=1S/C19H29NO/c1-18(2,3)20-13-7-12-19(20,14-21-4)17-9-6-5-8-16(17)15-10-11-15/h5-6,8-9,15H,7,10-14H2,1-4H3. The highest BCUT2D eigenvalue weighted by Gasteiger charge is 2.48. The van der Waals surface area contributed by atoms with E-state index in [4.69, 9.17) is 4.74 Å². The zero-order valence-electron chi connectivity index (χ0n) is 14.0. The summed E-state index contributed by atoms with van der Waals surface area (Å²) in [6, 6.07) is 9.12. The quantitative estimate of drug-likeness (QED) is 0.818. The molecule has 0 radical (unpaired) electrons. The van der Waals surface area contributed by atoms with Gasteiger partial charge in [-0.15, -0.1) is 0 Å². The van der Waals surface area contributed by atoms with Crippen molar-refractivity contribution in [1.82, 2.24) is 4.90 Å². The van der Waals surface area contributed by atoms with E-state index in [1.165, 1.54) is 37.8 Å². The number of likely N-dealkylation sites (tertiary alicyclic amines) is 1. The van der Waals surface area contributed by atoms with Crippen molar-refractivity contribution in [1.29, 1.82) is 0 Å². The largest absolute Gasteiger partial charge is 0.382 e. The molecule has 116 valence electrons. The minimum atomic E-state index is 0.0617. The van der Waals surface area contributed by atoms with Crippen LogP contribution in [0.3, 0.4) is 0 Å². The maximum Gasteiger partial charge on any atom is 0.0704 e. The van der Waals surface area contributed by atoms with Crippen molar-refractivity contribution >= 4 is 0 Å². The molecule has 2 fully saturated rings. The third-order valence-corrected chi connectivity index (χ3v) is 5.16. The first-order chi connectivity index (χ1) is 9.99. The molecule has 2 nitrogen and oxygen atoms in total. The SMILES string of the molecule is COCC1(c2ccccc2C2CC2)CCCN1C(C)(C)C. The zero-order valence-corrected chi connectivity index (χ0v) is 14.0. The molecule has 0 bridgehead atoms. The van der Waals surface area contributed by atoms with Gasteiger partial charge in [-0.25, -0.2) is 0 Å². The van der Waals surface area contributed by atoms with Gasteiger partial charge < -0.3 is 4.74 Å². The van der Waals surface area contributed by atoms with Crippen molar-refractivity contribution in [2.45, 2.75) is 63.5 Å². The zero-order chi connectivity index (χ0) is 15.1. The Kier molecular flexibility index (Phi) is 3.87. The first-order valence-corrected chi connectivity index (χ1v) is 8.35. The van der Waals surface area contributed by atoms with E-state index in [-0.39, 0.29) is 11.1 Å². The number of benzene rings is 1. The number of nitrogens with zero attached hydrogens (tertiary/aromatic N) is 1. The Hall–Kier alpha value is -0.860. The van der Waals surface area contributed by atoms with E-state index in [2.05, 4.69) is 49.9 Å². The lowest BCUT2D eigenvalue weighted by atomic mass is 9.81. The molecular formula is C19H29NO. The smallest absolute Gasteiger partial charge is 0.0704 e. The third-order valence-electron chi connectivity index (χ3n) is 5.16. The molecule has 21 heavy (non-hydrogen) atoms. The number of methoxy groups -OCH3 is 1. The van der Waals surface area contributed by atoms with Crippen molar-refractivity contribution in [2.75, 3.05) is 20.3 Å². The molecule has 1 aliphatic heterocycles. The Bertz CT molecular complexity index is 501. The maximum absolute atomic E-state index is 5.72. The lowest BCUT2D eigenvalue weighted by Crippen LogP contribution is -2.54. The van der Waals surface area contributed by atoms with Crippen molar-refractivity contribution in [3.63, 3.8) is 0 Å². The summed E-state index contributed by atoms with van der Waals surface area (Å²) in [7, 11) is 1.85. The van der Waals surface area contributed by atoms with Crippen molar-refractivity contribution < 1.29 is 4.74 Å². The summed E-state index contributed by atoms with van der Waals surface area (Å²) in [6.07, 6.45) is 5.19. The Morgan fingerprint density at radius 3 is 2.57 bits per heavy atom. The van der Waals surface area contributed by atoms with E-state index in [1.54, 1.807) is 5.56 Å². The molecule has 1 aromatic rings. The van der Waals surface area contributed by atoms with Crippen molar-refractivity contribution in [2.24, 2.45) is 0 Å². The fourth-order valence-corrected chi connectivity index (χ4v) is 4.27. The number of hydrogen-bond donors (Lipinski definition) is 0. The first kappa shape index (κ1) is 15.1. The van der Waals surface area contributed by atoms with Gasteiger partial charge in [0.2, 0.25) is 0 Å². The summed E-state index contributed by atoms with van der Waals surface area (Å²) in [5, 5.41) is 0. The molecule has 1 aliphatic carbocycles. The molecule has 0 N–H and O–H groups in total. The molecule has 2 heteroatoms. The van der Waals surface area contributed by atoms with E-state index < -0.39 is 0 Å². The molecule has 0 aromatic heterocycles. The minimum Gasteiger partial charge on any atom is -0.382 e. The Balaban J connectivity index is 2.09. The van der Waals surface area contributed by atoms with Crippen LogP contribution in [0.15, 0.2) is 24.3 Å². The molecular weight excluding hydrogens is 258 g/mol. The van der Waals surface area contributed by atoms with Gasteiger partial charge in [0, 0.05) is 12.6 Å². The Labute approximate surface area is 129 Å². The van der Waals surface area contributed by atoms with E-state index in [0.29, 0.717) is 0 Å². The minimum absolute atomic E-state index is 0.0617. The van der Waals surface area contributed by atoms with Crippen LogP contribution in [0.5, 0.6) is 0 Å². The second kappa shape index (κ2) is 5.40. The van der Waals surface area contributed by atoms with Crippen LogP contribution >= 0.6 is 0 Å². The molecule has 0 amide bonds. The van der Waals surface area contributed by atoms with Gasteiger partial charge in [-0.3, -0.25) is 4.90 Å². The average Bonchev–Trinajstić information content (AvgIpc) is 3.19. The average molecular weight is 287 g/mol. The van der Waals surface area contributed by atoms with Gasteiger partial charge in [0.15, 0.2) is 0 Å². The number of hydrogen-bond acceptors (Lipinski definition) is 2. The lowest BCUT2D eigenvalue weighted by molar-refractivity contribution is -0.0168. The van der Waals surface area contributed by atoms with Crippen LogP contribution in [-0.2, 0) is 10.3 Å². The van der Waals surface area contributed by atoms with Crippen LogP contribution in [-0.4, -0.2) is 30.7 Å². The second-order valence-corrected chi connectivity index (χ2v) is 7.75. The van der Waals surface area contributed by atoms with Crippen molar-refractivity contribution in [3.05, 3.63) is 35.4 Å². The van der Waals surface area contributed by atoms with Gasteiger partial charge >= 0.3 is 0 Å². The lowest BCUT2D eigenvalue weighted by Gasteiger charge is -2.47. The van der Waals surface area contributed by atoms with Gasteiger partial charge in [-0.05, 0) is 70.0 Å². The van der Waals surface area contributed by atoms with Gasteiger partial charge in [-0.2, -0.15) is 0 Å². The molecule has 1 unspecified atom stereocenters. The van der Waals surface area contributed by atoms with E-state index >= 15 is 0 Å². The van der Waals surface area contributed by atoms with E-state index in [0.717, 1.165) is 12.5 Å². The predicted octanol–water partition coefficient (Wildman–Crippen LogP) is 4.30. The molecule has 1 heterocycles. The Morgan fingerprint density at radius 1 is 1.24 bits per heavy atom. The van der Waals surface area contributed by atoms with Crippen LogP contribution in [0.1, 0.15) is 63.5 Å². The van der Waals surface area contributed by atoms with Gasteiger partial charge in [0.05, 0.1) is 12.1 Å². The van der Waals surface area contributed by atoms with Gasteiger partial charge in [-0.1, -0.05) is 24.3 Å². The molecule has 1 saturated carbocycles. The maximum atomic E-state index is 5.72. The molecule has 1 aromatic carbocycles. The van der Waals surface area contributed by atoms with E-state index in [9.17, 15) is 0 Å². The van der Waals surface area contributed by atoms with Crippen LogP contribution in [0, 0.1) is 0 Å². The predicted molar refractivity (Wildman–Crippen MR) is 87.7 cm³/mol. The Morgan fingerprint density at radius 2 is 1.95 bits per heavy atom. The number of rotatable bonds is 4. The summed E-state index contributed by atoms with van der Waals surface area (Å²) < 4.78 is 5.72. The summed E-state index contributed by atoms with van der Waals surface area (Å²) in [5.74, 6) is 0.789. The topological polar surface area (TPSA) is 12.5 Å². The summed E-state index contributed by atoms with van der Waals surface area (Å²) >= 11 is 0. The highest BCUT2D eigenvalue weighted by Crippen LogP contribution is 2.49. The van der Waals surface area contributed by atoms with Crippen LogP contribution in [0.25, 0.3) is 0 Å². The second-order valence-electron chi connectivity index (χ2n) is 7.75.